The van der Waals surface area contributed by atoms with Crippen molar-refractivity contribution in [1.82, 2.24) is 4.90 Å². The topological polar surface area (TPSA) is 3.24 Å². The fourth-order valence-electron chi connectivity index (χ4n) is 1.46. The van der Waals surface area contributed by atoms with Crippen LogP contribution in [-0.4, -0.2) is 25.0 Å². The van der Waals surface area contributed by atoms with Gasteiger partial charge in [0.15, 0.2) is 0 Å². The summed E-state index contributed by atoms with van der Waals surface area (Å²) in [6, 6.07) is 8.58. The van der Waals surface area contributed by atoms with E-state index >= 15 is 0 Å². The molecule has 0 N–H and O–H groups in total. The van der Waals surface area contributed by atoms with Gasteiger partial charge in [-0.1, -0.05) is 35.0 Å². The highest BCUT2D eigenvalue weighted by molar-refractivity contribution is 9.10. The largest absolute Gasteiger partial charge is 0.306 e. The maximum absolute atomic E-state index is 3.44. The van der Waals surface area contributed by atoms with Crippen molar-refractivity contribution in [1.29, 1.82) is 0 Å². The SMILES string of the molecule is CCCN(C)CCc1ccc(Br)cc1. The summed E-state index contributed by atoms with van der Waals surface area (Å²) in [4.78, 5) is 2.38. The van der Waals surface area contributed by atoms with Crippen molar-refractivity contribution >= 4 is 15.9 Å². The first kappa shape index (κ1) is 11.7. The van der Waals surface area contributed by atoms with Gasteiger partial charge >= 0.3 is 0 Å². The number of hydrogen-bond donors (Lipinski definition) is 0. The molecule has 1 nitrogen and oxygen atoms in total. The lowest BCUT2D eigenvalue weighted by Crippen LogP contribution is -2.21. The second kappa shape index (κ2) is 6.20. The summed E-state index contributed by atoms with van der Waals surface area (Å²) in [6.07, 6.45) is 2.38. The Morgan fingerprint density at radius 3 is 2.36 bits per heavy atom. The Bertz CT molecular complexity index is 256. The zero-order valence-electron chi connectivity index (χ0n) is 8.96. The Morgan fingerprint density at radius 1 is 1.14 bits per heavy atom. The standard InChI is InChI=1S/C12H18BrN/c1-3-9-14(2)10-8-11-4-6-12(13)7-5-11/h4-7H,3,8-10H2,1-2H3. The highest BCUT2D eigenvalue weighted by Gasteiger charge is 1.97. The number of hydrogen-bond acceptors (Lipinski definition) is 1. The van der Waals surface area contributed by atoms with Gasteiger partial charge in [0.05, 0.1) is 0 Å². The molecule has 2 heteroatoms. The molecule has 0 aromatic heterocycles. The fourth-order valence-corrected chi connectivity index (χ4v) is 1.73. The zero-order chi connectivity index (χ0) is 10.4. The van der Waals surface area contributed by atoms with E-state index in [-0.39, 0.29) is 0 Å². The molecule has 0 aliphatic carbocycles. The van der Waals surface area contributed by atoms with Gasteiger partial charge in [-0.05, 0) is 44.1 Å². The van der Waals surface area contributed by atoms with E-state index in [0.717, 1.165) is 17.4 Å². The normalized spacial score (nSPS) is 10.9. The smallest absolute Gasteiger partial charge is 0.0175 e. The van der Waals surface area contributed by atoms with Crippen LogP contribution in [0.15, 0.2) is 28.7 Å². The van der Waals surface area contributed by atoms with Crippen molar-refractivity contribution in [3.8, 4) is 0 Å². The van der Waals surface area contributed by atoms with Crippen molar-refractivity contribution < 1.29 is 0 Å². The Hall–Kier alpha value is -0.340. The van der Waals surface area contributed by atoms with Crippen molar-refractivity contribution in [2.75, 3.05) is 20.1 Å². The van der Waals surface area contributed by atoms with E-state index < -0.39 is 0 Å². The second-order valence-corrected chi connectivity index (χ2v) is 4.60. The lowest BCUT2D eigenvalue weighted by atomic mass is 10.1. The summed E-state index contributed by atoms with van der Waals surface area (Å²) >= 11 is 3.44. The molecule has 0 saturated carbocycles. The molecule has 0 fully saturated rings. The number of halogens is 1. The fraction of sp³-hybridized carbons (Fsp3) is 0.500. The van der Waals surface area contributed by atoms with Gasteiger partial charge in [0, 0.05) is 11.0 Å². The lowest BCUT2D eigenvalue weighted by molar-refractivity contribution is 0.339. The van der Waals surface area contributed by atoms with Crippen LogP contribution in [0, 0.1) is 0 Å². The van der Waals surface area contributed by atoms with Gasteiger partial charge in [0.25, 0.3) is 0 Å². The first-order valence-electron chi connectivity index (χ1n) is 5.15. The Balaban J connectivity index is 2.34. The predicted octanol–water partition coefficient (Wildman–Crippen LogP) is 3.33. The number of nitrogens with zero attached hydrogens (tertiary/aromatic N) is 1. The Kier molecular flexibility index (Phi) is 5.20. The molecule has 0 atom stereocenters. The summed E-state index contributed by atoms with van der Waals surface area (Å²) in [7, 11) is 2.18. The highest BCUT2D eigenvalue weighted by Crippen LogP contribution is 2.10. The molecule has 0 unspecified atom stereocenters. The number of likely N-dealkylation sites (N-methyl/N-ethyl adjacent to an activating group) is 1. The van der Waals surface area contributed by atoms with Crippen LogP contribution in [0.5, 0.6) is 0 Å². The van der Waals surface area contributed by atoms with E-state index in [1.807, 2.05) is 0 Å². The average Bonchev–Trinajstić information content (AvgIpc) is 2.17. The van der Waals surface area contributed by atoms with E-state index in [1.165, 1.54) is 18.5 Å². The number of benzene rings is 1. The third kappa shape index (κ3) is 4.25. The molecule has 0 spiro atoms. The predicted molar refractivity (Wildman–Crippen MR) is 65.6 cm³/mol. The molecule has 0 amide bonds. The molecule has 78 valence electrons. The molecular formula is C12H18BrN. The van der Waals surface area contributed by atoms with Crippen LogP contribution >= 0.6 is 15.9 Å². The van der Waals surface area contributed by atoms with E-state index in [4.69, 9.17) is 0 Å². The molecular weight excluding hydrogens is 238 g/mol. The molecule has 0 radical (unpaired) electrons. The Morgan fingerprint density at radius 2 is 1.79 bits per heavy atom. The lowest BCUT2D eigenvalue weighted by Gasteiger charge is -2.14. The monoisotopic (exact) mass is 255 g/mol. The minimum absolute atomic E-state index is 1.14. The third-order valence-corrected chi connectivity index (χ3v) is 2.83. The molecule has 1 aromatic rings. The minimum atomic E-state index is 1.14. The number of rotatable bonds is 5. The van der Waals surface area contributed by atoms with Crippen LogP contribution in [0.25, 0.3) is 0 Å². The summed E-state index contributed by atoms with van der Waals surface area (Å²) in [6.45, 7) is 4.56. The van der Waals surface area contributed by atoms with Crippen LogP contribution in [-0.2, 0) is 6.42 Å². The molecule has 0 saturated heterocycles. The summed E-state index contributed by atoms with van der Waals surface area (Å²) in [5.41, 5.74) is 1.41. The van der Waals surface area contributed by atoms with E-state index in [2.05, 4.69) is 59.1 Å². The maximum atomic E-state index is 3.44. The molecule has 14 heavy (non-hydrogen) atoms. The minimum Gasteiger partial charge on any atom is -0.306 e. The first-order chi connectivity index (χ1) is 6.72. The van der Waals surface area contributed by atoms with Crippen LogP contribution < -0.4 is 0 Å². The van der Waals surface area contributed by atoms with Gasteiger partial charge in [-0.3, -0.25) is 0 Å². The summed E-state index contributed by atoms with van der Waals surface area (Å²) in [5, 5.41) is 0. The third-order valence-electron chi connectivity index (χ3n) is 2.30. The molecule has 0 bridgehead atoms. The van der Waals surface area contributed by atoms with Gasteiger partial charge in [-0.25, -0.2) is 0 Å². The maximum Gasteiger partial charge on any atom is 0.0175 e. The molecule has 0 aliphatic rings. The summed E-state index contributed by atoms with van der Waals surface area (Å²) in [5.74, 6) is 0. The van der Waals surface area contributed by atoms with Crippen LogP contribution in [0.1, 0.15) is 18.9 Å². The van der Waals surface area contributed by atoms with Crippen molar-refractivity contribution in [3.05, 3.63) is 34.3 Å². The van der Waals surface area contributed by atoms with Crippen LogP contribution in [0.2, 0.25) is 0 Å². The molecule has 1 rings (SSSR count). The Labute approximate surface area is 95.2 Å². The van der Waals surface area contributed by atoms with Crippen LogP contribution in [0.3, 0.4) is 0 Å². The van der Waals surface area contributed by atoms with E-state index in [9.17, 15) is 0 Å². The van der Waals surface area contributed by atoms with Crippen molar-refractivity contribution in [2.24, 2.45) is 0 Å². The molecule has 0 heterocycles. The van der Waals surface area contributed by atoms with E-state index in [1.54, 1.807) is 0 Å². The summed E-state index contributed by atoms with van der Waals surface area (Å²) < 4.78 is 1.16. The molecule has 1 aromatic carbocycles. The molecule has 0 aliphatic heterocycles. The quantitative estimate of drug-likeness (QED) is 0.781. The second-order valence-electron chi connectivity index (χ2n) is 3.68. The average molecular weight is 256 g/mol. The van der Waals surface area contributed by atoms with Gasteiger partial charge in [-0.2, -0.15) is 0 Å². The van der Waals surface area contributed by atoms with Gasteiger partial charge in [-0.15, -0.1) is 0 Å². The van der Waals surface area contributed by atoms with Gasteiger partial charge in [0.1, 0.15) is 0 Å². The highest BCUT2D eigenvalue weighted by atomic mass is 79.9. The zero-order valence-corrected chi connectivity index (χ0v) is 10.5. The van der Waals surface area contributed by atoms with Crippen LogP contribution in [0.4, 0.5) is 0 Å². The van der Waals surface area contributed by atoms with Gasteiger partial charge < -0.3 is 4.90 Å². The van der Waals surface area contributed by atoms with Crippen molar-refractivity contribution in [2.45, 2.75) is 19.8 Å². The first-order valence-corrected chi connectivity index (χ1v) is 5.94. The van der Waals surface area contributed by atoms with E-state index in [0.29, 0.717) is 0 Å². The van der Waals surface area contributed by atoms with Gasteiger partial charge in [0.2, 0.25) is 0 Å². The van der Waals surface area contributed by atoms with Crippen molar-refractivity contribution in [3.63, 3.8) is 0 Å².